The summed E-state index contributed by atoms with van der Waals surface area (Å²) in [6, 6.07) is 0.433. The summed E-state index contributed by atoms with van der Waals surface area (Å²) < 4.78 is 6.84. The molecule has 0 aliphatic rings. The summed E-state index contributed by atoms with van der Waals surface area (Å²) in [7, 11) is 0. The Morgan fingerprint density at radius 3 is 3.00 bits per heavy atom. The first kappa shape index (κ1) is 11.2. The van der Waals surface area contributed by atoms with Crippen molar-refractivity contribution >= 4 is 11.6 Å². The van der Waals surface area contributed by atoms with Gasteiger partial charge in [0.1, 0.15) is 6.26 Å². The number of rotatable bonds is 4. The molecule has 5 nitrogen and oxygen atoms in total. The van der Waals surface area contributed by atoms with Gasteiger partial charge in [0.2, 0.25) is 0 Å². The molecule has 0 fully saturated rings. The lowest BCUT2D eigenvalue weighted by molar-refractivity contribution is 0.508. The summed E-state index contributed by atoms with van der Waals surface area (Å²) in [5.41, 5.74) is 1.61. The lowest BCUT2D eigenvalue weighted by Crippen LogP contribution is -2.12. The average Bonchev–Trinajstić information content (AvgIpc) is 2.84. The van der Waals surface area contributed by atoms with Crippen LogP contribution in [0.5, 0.6) is 0 Å². The molecule has 0 saturated heterocycles. The van der Waals surface area contributed by atoms with Gasteiger partial charge >= 0.3 is 6.01 Å². The average molecular weight is 241 g/mol. The van der Waals surface area contributed by atoms with E-state index < -0.39 is 0 Å². The van der Waals surface area contributed by atoms with Crippen molar-refractivity contribution in [1.82, 2.24) is 20.1 Å². The highest BCUT2D eigenvalue weighted by Gasteiger charge is 2.09. The molecule has 0 bridgehead atoms. The van der Waals surface area contributed by atoms with Crippen LogP contribution in [0.1, 0.15) is 18.3 Å². The Labute approximate surface area is 98.4 Å². The Morgan fingerprint density at radius 1 is 1.56 bits per heavy atom. The molecule has 0 atom stereocenters. The first-order valence-electron chi connectivity index (χ1n) is 5.08. The van der Waals surface area contributed by atoms with Crippen LogP contribution in [0.2, 0.25) is 5.02 Å². The number of aryl methyl sites for hydroxylation is 1. The third kappa shape index (κ3) is 2.25. The van der Waals surface area contributed by atoms with Gasteiger partial charge in [-0.3, -0.25) is 0 Å². The SMILES string of the molecule is CCNCc1coc(-n2cc(Cl)c(C)n2)n1. The van der Waals surface area contributed by atoms with Gasteiger partial charge in [-0.05, 0) is 13.5 Å². The van der Waals surface area contributed by atoms with Gasteiger partial charge in [0.25, 0.3) is 0 Å². The zero-order chi connectivity index (χ0) is 11.5. The molecule has 0 aliphatic heterocycles. The summed E-state index contributed by atoms with van der Waals surface area (Å²) in [6.07, 6.45) is 3.29. The first-order valence-corrected chi connectivity index (χ1v) is 5.45. The molecular formula is C10H13ClN4O. The normalized spacial score (nSPS) is 10.9. The van der Waals surface area contributed by atoms with Crippen LogP contribution in [-0.4, -0.2) is 21.3 Å². The molecule has 6 heteroatoms. The van der Waals surface area contributed by atoms with Gasteiger partial charge in [-0.2, -0.15) is 14.8 Å². The van der Waals surface area contributed by atoms with Crippen molar-refractivity contribution in [2.75, 3.05) is 6.54 Å². The molecule has 16 heavy (non-hydrogen) atoms. The van der Waals surface area contributed by atoms with Gasteiger partial charge in [0.15, 0.2) is 0 Å². The molecule has 0 aliphatic carbocycles. The van der Waals surface area contributed by atoms with E-state index in [-0.39, 0.29) is 0 Å². The second-order valence-electron chi connectivity index (χ2n) is 3.41. The maximum absolute atomic E-state index is 5.90. The number of nitrogens with one attached hydrogen (secondary N) is 1. The Hall–Kier alpha value is -1.33. The molecular weight excluding hydrogens is 228 g/mol. The lowest BCUT2D eigenvalue weighted by Gasteiger charge is -1.94. The van der Waals surface area contributed by atoms with Gasteiger partial charge in [0, 0.05) is 6.54 Å². The van der Waals surface area contributed by atoms with E-state index in [2.05, 4.69) is 15.4 Å². The van der Waals surface area contributed by atoms with Crippen LogP contribution in [0.15, 0.2) is 16.9 Å². The highest BCUT2D eigenvalue weighted by atomic mass is 35.5. The molecule has 2 rings (SSSR count). The number of halogens is 1. The molecule has 0 radical (unpaired) electrons. The second-order valence-corrected chi connectivity index (χ2v) is 3.82. The molecule has 0 saturated carbocycles. The first-order chi connectivity index (χ1) is 7.70. The maximum Gasteiger partial charge on any atom is 0.322 e. The Kier molecular flexibility index (Phi) is 3.26. The molecule has 0 amide bonds. The molecule has 0 aromatic carbocycles. The summed E-state index contributed by atoms with van der Waals surface area (Å²) >= 11 is 5.90. The second kappa shape index (κ2) is 4.67. The van der Waals surface area contributed by atoms with Gasteiger partial charge in [-0.25, -0.2) is 0 Å². The minimum Gasteiger partial charge on any atom is -0.430 e. The molecule has 2 aromatic heterocycles. The number of oxazole rings is 1. The van der Waals surface area contributed by atoms with E-state index in [1.165, 1.54) is 4.68 Å². The van der Waals surface area contributed by atoms with Gasteiger partial charge in [-0.15, -0.1) is 0 Å². The van der Waals surface area contributed by atoms with E-state index in [9.17, 15) is 0 Å². The molecule has 0 spiro atoms. The molecule has 0 unspecified atom stereocenters. The van der Waals surface area contributed by atoms with Crippen LogP contribution in [0, 0.1) is 6.92 Å². The van der Waals surface area contributed by atoms with Crippen molar-refractivity contribution < 1.29 is 4.42 Å². The van der Waals surface area contributed by atoms with Crippen molar-refractivity contribution in [1.29, 1.82) is 0 Å². The Balaban J connectivity index is 2.18. The van der Waals surface area contributed by atoms with E-state index in [1.54, 1.807) is 12.5 Å². The third-order valence-corrected chi connectivity index (χ3v) is 2.50. The maximum atomic E-state index is 5.90. The van der Waals surface area contributed by atoms with Crippen LogP contribution in [-0.2, 0) is 6.54 Å². The lowest BCUT2D eigenvalue weighted by atomic mass is 10.5. The van der Waals surface area contributed by atoms with Gasteiger partial charge in [-0.1, -0.05) is 18.5 Å². The zero-order valence-corrected chi connectivity index (χ0v) is 9.95. The minimum atomic E-state index is 0.433. The van der Waals surface area contributed by atoms with Crippen molar-refractivity contribution in [3.63, 3.8) is 0 Å². The van der Waals surface area contributed by atoms with Crippen LogP contribution in [0.4, 0.5) is 0 Å². The number of hydrogen-bond donors (Lipinski definition) is 1. The fraction of sp³-hybridized carbons (Fsp3) is 0.400. The van der Waals surface area contributed by atoms with Crippen molar-refractivity contribution in [2.24, 2.45) is 0 Å². The van der Waals surface area contributed by atoms with Crippen molar-refractivity contribution in [3.8, 4) is 6.01 Å². The number of aromatic nitrogens is 3. The number of hydrogen-bond acceptors (Lipinski definition) is 4. The monoisotopic (exact) mass is 240 g/mol. The predicted octanol–water partition coefficient (Wildman–Crippen LogP) is 1.93. The van der Waals surface area contributed by atoms with E-state index in [0.717, 1.165) is 17.9 Å². The number of nitrogens with zero attached hydrogens (tertiary/aromatic N) is 3. The van der Waals surface area contributed by atoms with Crippen LogP contribution in [0.3, 0.4) is 0 Å². The van der Waals surface area contributed by atoms with Crippen LogP contribution in [0.25, 0.3) is 6.01 Å². The third-order valence-electron chi connectivity index (χ3n) is 2.13. The highest BCUT2D eigenvalue weighted by Crippen LogP contribution is 2.15. The highest BCUT2D eigenvalue weighted by molar-refractivity contribution is 6.31. The molecule has 2 aromatic rings. The summed E-state index contributed by atoms with van der Waals surface area (Å²) in [5.74, 6) is 0. The van der Waals surface area contributed by atoms with Gasteiger partial charge < -0.3 is 9.73 Å². The fourth-order valence-electron chi connectivity index (χ4n) is 1.27. The van der Waals surface area contributed by atoms with Crippen molar-refractivity contribution in [2.45, 2.75) is 20.4 Å². The topological polar surface area (TPSA) is 55.9 Å². The standard InChI is InChI=1S/C10H13ClN4O/c1-3-12-4-8-6-16-10(13-8)15-5-9(11)7(2)14-15/h5-6,12H,3-4H2,1-2H3. The quantitative estimate of drug-likeness (QED) is 0.887. The summed E-state index contributed by atoms with van der Waals surface area (Å²) in [5, 5.41) is 7.95. The summed E-state index contributed by atoms with van der Waals surface area (Å²) in [4.78, 5) is 4.29. The zero-order valence-electron chi connectivity index (χ0n) is 9.20. The van der Waals surface area contributed by atoms with E-state index in [4.69, 9.17) is 16.0 Å². The van der Waals surface area contributed by atoms with Crippen LogP contribution < -0.4 is 5.32 Å². The molecule has 1 N–H and O–H groups in total. The predicted molar refractivity (Wildman–Crippen MR) is 60.8 cm³/mol. The molecule has 86 valence electrons. The van der Waals surface area contributed by atoms with E-state index >= 15 is 0 Å². The van der Waals surface area contributed by atoms with E-state index in [0.29, 0.717) is 17.6 Å². The Bertz CT molecular complexity index is 457. The fourth-order valence-corrected chi connectivity index (χ4v) is 1.40. The summed E-state index contributed by atoms with van der Waals surface area (Å²) in [6.45, 7) is 5.46. The van der Waals surface area contributed by atoms with Gasteiger partial charge in [0.05, 0.1) is 22.6 Å². The Morgan fingerprint density at radius 2 is 2.38 bits per heavy atom. The smallest absolute Gasteiger partial charge is 0.322 e. The minimum absolute atomic E-state index is 0.433. The van der Waals surface area contributed by atoms with Crippen LogP contribution >= 0.6 is 11.6 Å². The van der Waals surface area contributed by atoms with E-state index in [1.807, 2.05) is 13.8 Å². The van der Waals surface area contributed by atoms with Crippen molar-refractivity contribution in [3.05, 3.63) is 28.9 Å². The molecule has 2 heterocycles. The largest absolute Gasteiger partial charge is 0.430 e.